The summed E-state index contributed by atoms with van der Waals surface area (Å²) in [6.07, 6.45) is 3.80. The first-order chi connectivity index (χ1) is 6.68. The minimum atomic E-state index is 1.20. The van der Waals surface area contributed by atoms with Gasteiger partial charge in [0, 0.05) is 0 Å². The average Bonchev–Trinajstić information content (AvgIpc) is 2.12. The van der Waals surface area contributed by atoms with Crippen LogP contribution in [0.2, 0.25) is 0 Å². The van der Waals surface area contributed by atoms with Gasteiger partial charge in [0.15, 0.2) is 0 Å². The summed E-state index contributed by atoms with van der Waals surface area (Å²) >= 11 is 0. The molecule has 0 saturated heterocycles. The van der Waals surface area contributed by atoms with Crippen LogP contribution in [0, 0.1) is 6.92 Å². The van der Waals surface area contributed by atoms with E-state index in [0.29, 0.717) is 0 Å². The SMILES string of the molecule is Cc1cccc(CCCCN(C)C)c1. The van der Waals surface area contributed by atoms with E-state index in [1.807, 2.05) is 0 Å². The summed E-state index contributed by atoms with van der Waals surface area (Å²) in [7, 11) is 4.26. The average molecular weight is 191 g/mol. The van der Waals surface area contributed by atoms with Crippen LogP contribution in [0.4, 0.5) is 0 Å². The lowest BCUT2D eigenvalue weighted by atomic mass is 10.1. The Bertz CT molecular complexity index is 266. The molecule has 0 spiro atoms. The first kappa shape index (κ1) is 11.3. The quantitative estimate of drug-likeness (QED) is 0.647. The Hall–Kier alpha value is -0.820. The highest BCUT2D eigenvalue weighted by Gasteiger charge is 1.94. The van der Waals surface area contributed by atoms with Crippen LogP contribution >= 0.6 is 0 Å². The largest absolute Gasteiger partial charge is 0.309 e. The van der Waals surface area contributed by atoms with E-state index in [-0.39, 0.29) is 0 Å². The molecule has 0 unspecified atom stereocenters. The Labute approximate surface area is 87.7 Å². The number of aryl methyl sites for hydroxylation is 2. The molecule has 1 rings (SSSR count). The fraction of sp³-hybridized carbons (Fsp3) is 0.538. The molecule has 78 valence electrons. The second-order valence-corrected chi connectivity index (χ2v) is 4.25. The third kappa shape index (κ3) is 4.43. The van der Waals surface area contributed by atoms with Crippen molar-refractivity contribution in [2.75, 3.05) is 20.6 Å². The molecule has 14 heavy (non-hydrogen) atoms. The van der Waals surface area contributed by atoms with E-state index in [4.69, 9.17) is 0 Å². The second-order valence-electron chi connectivity index (χ2n) is 4.25. The van der Waals surface area contributed by atoms with Gasteiger partial charge < -0.3 is 4.90 Å². The van der Waals surface area contributed by atoms with Crippen molar-refractivity contribution in [3.8, 4) is 0 Å². The minimum absolute atomic E-state index is 1.20. The van der Waals surface area contributed by atoms with Gasteiger partial charge >= 0.3 is 0 Å². The van der Waals surface area contributed by atoms with Crippen LogP contribution < -0.4 is 0 Å². The fourth-order valence-corrected chi connectivity index (χ4v) is 1.62. The van der Waals surface area contributed by atoms with Gasteiger partial charge in [0.05, 0.1) is 0 Å². The van der Waals surface area contributed by atoms with Gasteiger partial charge in [0.2, 0.25) is 0 Å². The van der Waals surface area contributed by atoms with E-state index in [1.54, 1.807) is 0 Å². The highest BCUT2D eigenvalue weighted by Crippen LogP contribution is 2.07. The highest BCUT2D eigenvalue weighted by molar-refractivity contribution is 5.22. The summed E-state index contributed by atoms with van der Waals surface area (Å²) in [6, 6.07) is 8.82. The van der Waals surface area contributed by atoms with E-state index in [9.17, 15) is 0 Å². The normalized spacial score (nSPS) is 10.9. The second kappa shape index (κ2) is 5.82. The molecule has 0 amide bonds. The Morgan fingerprint density at radius 2 is 1.93 bits per heavy atom. The number of hydrogen-bond donors (Lipinski definition) is 0. The summed E-state index contributed by atoms with van der Waals surface area (Å²) < 4.78 is 0. The number of unbranched alkanes of at least 4 members (excludes halogenated alkanes) is 1. The van der Waals surface area contributed by atoms with Crippen LogP contribution in [0.25, 0.3) is 0 Å². The van der Waals surface area contributed by atoms with E-state index >= 15 is 0 Å². The fourth-order valence-electron chi connectivity index (χ4n) is 1.62. The van der Waals surface area contributed by atoms with Gasteiger partial charge in [-0.1, -0.05) is 29.8 Å². The van der Waals surface area contributed by atoms with Crippen molar-refractivity contribution in [3.05, 3.63) is 35.4 Å². The summed E-state index contributed by atoms with van der Waals surface area (Å²) in [4.78, 5) is 2.25. The predicted molar refractivity (Wildman–Crippen MR) is 62.7 cm³/mol. The Morgan fingerprint density at radius 1 is 1.14 bits per heavy atom. The van der Waals surface area contributed by atoms with Crippen molar-refractivity contribution in [3.63, 3.8) is 0 Å². The van der Waals surface area contributed by atoms with E-state index in [0.717, 1.165) is 0 Å². The summed E-state index contributed by atoms with van der Waals surface area (Å²) in [6.45, 7) is 3.36. The summed E-state index contributed by atoms with van der Waals surface area (Å²) in [5, 5.41) is 0. The van der Waals surface area contributed by atoms with Crippen LogP contribution in [0.5, 0.6) is 0 Å². The number of rotatable bonds is 5. The number of benzene rings is 1. The van der Waals surface area contributed by atoms with Gasteiger partial charge in [-0.05, 0) is 52.4 Å². The highest BCUT2D eigenvalue weighted by atomic mass is 15.0. The van der Waals surface area contributed by atoms with Crippen LogP contribution in [0.1, 0.15) is 24.0 Å². The molecule has 0 aromatic heterocycles. The number of hydrogen-bond acceptors (Lipinski definition) is 1. The minimum Gasteiger partial charge on any atom is -0.309 e. The lowest BCUT2D eigenvalue weighted by molar-refractivity contribution is 0.394. The van der Waals surface area contributed by atoms with Gasteiger partial charge in [-0.25, -0.2) is 0 Å². The predicted octanol–water partition coefficient (Wildman–Crippen LogP) is 2.88. The molecule has 0 heterocycles. The molecule has 1 heteroatoms. The lowest BCUT2D eigenvalue weighted by Gasteiger charge is -2.08. The molecule has 0 saturated carbocycles. The van der Waals surface area contributed by atoms with E-state index in [2.05, 4.69) is 50.2 Å². The number of nitrogens with zero attached hydrogens (tertiary/aromatic N) is 1. The first-order valence-corrected chi connectivity index (χ1v) is 5.39. The standard InChI is InChI=1S/C13H21N/c1-12-7-6-9-13(11-12)8-4-5-10-14(2)3/h6-7,9,11H,4-5,8,10H2,1-3H3. The Balaban J connectivity index is 2.25. The van der Waals surface area contributed by atoms with Crippen molar-refractivity contribution >= 4 is 0 Å². The molecule has 0 fully saturated rings. The molecule has 1 aromatic carbocycles. The maximum absolute atomic E-state index is 2.29. The van der Waals surface area contributed by atoms with Crippen molar-refractivity contribution in [2.45, 2.75) is 26.2 Å². The summed E-state index contributed by atoms with van der Waals surface area (Å²) in [5.74, 6) is 0. The lowest BCUT2D eigenvalue weighted by Crippen LogP contribution is -2.12. The molecule has 0 radical (unpaired) electrons. The smallest absolute Gasteiger partial charge is 0.00247 e. The molecular weight excluding hydrogens is 170 g/mol. The van der Waals surface area contributed by atoms with Crippen molar-refractivity contribution in [1.29, 1.82) is 0 Å². The molecule has 1 nitrogen and oxygen atoms in total. The molecule has 0 aliphatic rings. The van der Waals surface area contributed by atoms with Gasteiger partial charge in [0.1, 0.15) is 0 Å². The van der Waals surface area contributed by atoms with Gasteiger partial charge in [0.25, 0.3) is 0 Å². The first-order valence-electron chi connectivity index (χ1n) is 5.39. The Morgan fingerprint density at radius 3 is 2.57 bits per heavy atom. The van der Waals surface area contributed by atoms with Crippen LogP contribution in [-0.4, -0.2) is 25.5 Å². The zero-order chi connectivity index (χ0) is 10.4. The van der Waals surface area contributed by atoms with Crippen molar-refractivity contribution in [1.82, 2.24) is 4.90 Å². The maximum Gasteiger partial charge on any atom is -0.00247 e. The molecule has 0 atom stereocenters. The topological polar surface area (TPSA) is 3.24 Å². The molecular formula is C13H21N. The van der Waals surface area contributed by atoms with E-state index < -0.39 is 0 Å². The zero-order valence-corrected chi connectivity index (χ0v) is 9.59. The monoisotopic (exact) mass is 191 g/mol. The van der Waals surface area contributed by atoms with Crippen LogP contribution in [0.15, 0.2) is 24.3 Å². The van der Waals surface area contributed by atoms with E-state index in [1.165, 1.54) is 36.9 Å². The summed E-state index contributed by atoms with van der Waals surface area (Å²) in [5.41, 5.74) is 2.85. The van der Waals surface area contributed by atoms with Crippen molar-refractivity contribution < 1.29 is 0 Å². The van der Waals surface area contributed by atoms with Gasteiger partial charge in [-0.2, -0.15) is 0 Å². The molecule has 1 aromatic rings. The Kier molecular flexibility index (Phi) is 4.68. The molecule has 0 aliphatic carbocycles. The van der Waals surface area contributed by atoms with Crippen LogP contribution in [-0.2, 0) is 6.42 Å². The molecule has 0 N–H and O–H groups in total. The molecule has 0 aliphatic heterocycles. The van der Waals surface area contributed by atoms with Gasteiger partial charge in [-0.15, -0.1) is 0 Å². The van der Waals surface area contributed by atoms with Crippen molar-refractivity contribution in [2.24, 2.45) is 0 Å². The third-order valence-corrected chi connectivity index (χ3v) is 2.40. The zero-order valence-electron chi connectivity index (χ0n) is 9.59. The van der Waals surface area contributed by atoms with Gasteiger partial charge in [-0.3, -0.25) is 0 Å². The van der Waals surface area contributed by atoms with Crippen LogP contribution in [0.3, 0.4) is 0 Å². The third-order valence-electron chi connectivity index (χ3n) is 2.40. The molecule has 0 bridgehead atoms. The maximum atomic E-state index is 2.29.